The van der Waals surface area contributed by atoms with Crippen molar-refractivity contribution in [1.82, 2.24) is 14.5 Å². The van der Waals surface area contributed by atoms with Gasteiger partial charge in [-0.3, -0.25) is 0 Å². The van der Waals surface area contributed by atoms with E-state index in [4.69, 9.17) is 0 Å². The molecule has 0 amide bonds. The fourth-order valence-corrected chi connectivity index (χ4v) is 6.87. The second-order valence-electron chi connectivity index (χ2n) is 11.7. The fraction of sp³-hybridized carbons (Fsp3) is 0.314. The van der Waals surface area contributed by atoms with Crippen LogP contribution in [-0.2, 0) is 19.9 Å². The Hall–Kier alpha value is -3.72. The van der Waals surface area contributed by atoms with Gasteiger partial charge in [0, 0.05) is 52.3 Å². The van der Waals surface area contributed by atoms with Crippen molar-refractivity contribution < 1.29 is 0 Å². The quantitative estimate of drug-likeness (QED) is 0.219. The summed E-state index contributed by atoms with van der Waals surface area (Å²) >= 11 is 0. The van der Waals surface area contributed by atoms with Crippen LogP contribution in [-0.4, -0.2) is 14.5 Å². The van der Waals surface area contributed by atoms with Gasteiger partial charge in [0.25, 0.3) is 0 Å². The number of H-pyrrole nitrogens is 2. The van der Waals surface area contributed by atoms with Crippen molar-refractivity contribution >= 4 is 32.7 Å². The first-order valence-electron chi connectivity index (χ1n) is 14.1. The zero-order chi connectivity index (χ0) is 26.6. The van der Waals surface area contributed by atoms with Crippen LogP contribution in [0.4, 0.5) is 0 Å². The third-order valence-electron chi connectivity index (χ3n) is 8.59. The van der Waals surface area contributed by atoms with E-state index in [9.17, 15) is 0 Å². The predicted molar refractivity (Wildman–Crippen MR) is 163 cm³/mol. The third kappa shape index (κ3) is 4.05. The van der Waals surface area contributed by atoms with Crippen molar-refractivity contribution in [3.05, 3.63) is 107 Å². The molecule has 3 aromatic carbocycles. The van der Waals surface area contributed by atoms with Gasteiger partial charge in [0.2, 0.25) is 0 Å². The lowest BCUT2D eigenvalue weighted by Gasteiger charge is -2.14. The molecule has 2 unspecified atom stereocenters. The Balaban J connectivity index is 1.33. The number of rotatable bonds is 7. The third-order valence-corrected chi connectivity index (χ3v) is 8.59. The standard InChI is InChI=1S/C35H39N3/c1-21(2)33-24(5)37-34-25(11-9-15-29(33)34)17-23(4)31-20-38(6)35-26(12-10-14-28(31)35)18-22(3)30-19-36-32-16-8-7-13-27(30)32/h7-16,19-23,36-37H,17-18H2,1-6H3. The first kappa shape index (κ1) is 24.6. The first-order chi connectivity index (χ1) is 18.3. The van der Waals surface area contributed by atoms with Crippen LogP contribution in [0, 0.1) is 6.92 Å². The molecule has 0 spiro atoms. The molecule has 3 aromatic heterocycles. The van der Waals surface area contributed by atoms with E-state index < -0.39 is 0 Å². The highest BCUT2D eigenvalue weighted by atomic mass is 14.9. The maximum absolute atomic E-state index is 3.73. The number of benzene rings is 3. The van der Waals surface area contributed by atoms with Crippen molar-refractivity contribution in [2.24, 2.45) is 7.05 Å². The van der Waals surface area contributed by atoms with Gasteiger partial charge in [0.05, 0.1) is 5.52 Å². The molecule has 0 radical (unpaired) electrons. The zero-order valence-electron chi connectivity index (χ0n) is 23.5. The molecule has 2 atom stereocenters. The van der Waals surface area contributed by atoms with E-state index in [0.717, 1.165) is 12.8 Å². The van der Waals surface area contributed by atoms with Gasteiger partial charge in [-0.2, -0.15) is 0 Å². The lowest BCUT2D eigenvalue weighted by molar-refractivity contribution is 0.760. The average molecular weight is 502 g/mol. The minimum Gasteiger partial charge on any atom is -0.361 e. The highest BCUT2D eigenvalue weighted by Gasteiger charge is 2.20. The monoisotopic (exact) mass is 501 g/mol. The van der Waals surface area contributed by atoms with Crippen molar-refractivity contribution in [2.45, 2.75) is 65.2 Å². The maximum atomic E-state index is 3.73. The molecule has 0 saturated carbocycles. The zero-order valence-corrected chi connectivity index (χ0v) is 23.5. The van der Waals surface area contributed by atoms with E-state index in [1.165, 1.54) is 66.2 Å². The number of hydrogen-bond acceptors (Lipinski definition) is 0. The lowest BCUT2D eigenvalue weighted by Crippen LogP contribution is -2.00. The van der Waals surface area contributed by atoms with E-state index in [2.05, 4.69) is 129 Å². The number of nitrogens with zero attached hydrogens (tertiary/aromatic N) is 1. The number of fused-ring (bicyclic) bond motifs is 3. The summed E-state index contributed by atoms with van der Waals surface area (Å²) in [6.07, 6.45) is 6.60. The SMILES string of the molecule is Cc1[nH]c2c(CC(C)c3cn(C)c4c(CC(C)c5c[nH]c6ccccc56)cccc34)cccc2c1C(C)C. The molecule has 2 N–H and O–H groups in total. The smallest absolute Gasteiger partial charge is 0.0513 e. The summed E-state index contributed by atoms with van der Waals surface area (Å²) in [5.74, 6) is 1.35. The highest BCUT2D eigenvalue weighted by Crippen LogP contribution is 2.36. The van der Waals surface area contributed by atoms with Crippen LogP contribution < -0.4 is 0 Å². The molecular formula is C35H39N3. The maximum Gasteiger partial charge on any atom is 0.0513 e. The number of nitrogens with one attached hydrogen (secondary N) is 2. The largest absolute Gasteiger partial charge is 0.361 e. The van der Waals surface area contributed by atoms with Gasteiger partial charge < -0.3 is 14.5 Å². The van der Waals surface area contributed by atoms with Crippen molar-refractivity contribution in [3.8, 4) is 0 Å². The van der Waals surface area contributed by atoms with Crippen molar-refractivity contribution in [2.75, 3.05) is 0 Å². The van der Waals surface area contributed by atoms with E-state index in [1.54, 1.807) is 0 Å². The van der Waals surface area contributed by atoms with Gasteiger partial charge in [-0.05, 0) is 71.4 Å². The molecule has 3 heteroatoms. The lowest BCUT2D eigenvalue weighted by atomic mass is 9.89. The highest BCUT2D eigenvalue weighted by molar-refractivity contribution is 5.89. The second kappa shape index (κ2) is 9.54. The first-order valence-corrected chi connectivity index (χ1v) is 14.1. The van der Waals surface area contributed by atoms with Crippen LogP contribution >= 0.6 is 0 Å². The number of aromatic nitrogens is 3. The van der Waals surface area contributed by atoms with Gasteiger partial charge in [-0.1, -0.05) is 82.3 Å². The van der Waals surface area contributed by atoms with Crippen LogP contribution in [0.5, 0.6) is 0 Å². The van der Waals surface area contributed by atoms with Gasteiger partial charge in [-0.15, -0.1) is 0 Å². The summed E-state index contributed by atoms with van der Waals surface area (Å²) in [6.45, 7) is 11.5. The summed E-state index contributed by atoms with van der Waals surface area (Å²) in [5.41, 5.74) is 12.3. The minimum atomic E-state index is 0.414. The Morgan fingerprint density at radius 2 is 1.39 bits per heavy atom. The van der Waals surface area contributed by atoms with E-state index in [0.29, 0.717) is 17.8 Å². The summed E-state index contributed by atoms with van der Waals surface area (Å²) in [5, 5.41) is 4.11. The summed E-state index contributed by atoms with van der Waals surface area (Å²) in [7, 11) is 2.21. The summed E-state index contributed by atoms with van der Waals surface area (Å²) in [6, 6.07) is 22.3. The summed E-state index contributed by atoms with van der Waals surface area (Å²) in [4.78, 5) is 7.19. The van der Waals surface area contributed by atoms with Crippen molar-refractivity contribution in [1.29, 1.82) is 0 Å². The molecule has 0 bridgehead atoms. The molecule has 6 rings (SSSR count). The summed E-state index contributed by atoms with van der Waals surface area (Å²) < 4.78 is 2.36. The van der Waals surface area contributed by atoms with Crippen LogP contribution in [0.15, 0.2) is 73.1 Å². The van der Waals surface area contributed by atoms with Gasteiger partial charge in [0.1, 0.15) is 0 Å². The normalized spacial score (nSPS) is 13.8. The van der Waals surface area contributed by atoms with E-state index in [-0.39, 0.29) is 0 Å². The number of para-hydroxylation sites is 3. The Morgan fingerprint density at radius 3 is 2.18 bits per heavy atom. The molecular weight excluding hydrogens is 462 g/mol. The van der Waals surface area contributed by atoms with Gasteiger partial charge in [-0.25, -0.2) is 0 Å². The number of aryl methyl sites for hydroxylation is 2. The Bertz CT molecular complexity index is 1760. The number of aromatic amines is 2. The molecule has 0 aliphatic heterocycles. The topological polar surface area (TPSA) is 36.5 Å². The molecule has 6 aromatic rings. The molecule has 0 aliphatic carbocycles. The van der Waals surface area contributed by atoms with Crippen LogP contribution in [0.2, 0.25) is 0 Å². The average Bonchev–Trinajstić information content (AvgIpc) is 3.57. The molecule has 38 heavy (non-hydrogen) atoms. The number of hydrogen-bond donors (Lipinski definition) is 2. The molecule has 0 aliphatic rings. The molecule has 194 valence electrons. The van der Waals surface area contributed by atoms with E-state index >= 15 is 0 Å². The second-order valence-corrected chi connectivity index (χ2v) is 11.7. The van der Waals surface area contributed by atoms with Crippen molar-refractivity contribution in [3.63, 3.8) is 0 Å². The Morgan fingerprint density at radius 1 is 0.737 bits per heavy atom. The Labute approximate surface area is 225 Å². The van der Waals surface area contributed by atoms with Gasteiger partial charge >= 0.3 is 0 Å². The minimum absolute atomic E-state index is 0.414. The van der Waals surface area contributed by atoms with Crippen LogP contribution in [0.25, 0.3) is 32.7 Å². The molecule has 0 saturated heterocycles. The molecule has 3 nitrogen and oxygen atoms in total. The van der Waals surface area contributed by atoms with Gasteiger partial charge in [0.15, 0.2) is 0 Å². The van der Waals surface area contributed by atoms with Crippen LogP contribution in [0.1, 0.15) is 79.0 Å². The Kier molecular flexibility index (Phi) is 6.18. The fourth-order valence-electron chi connectivity index (χ4n) is 6.87. The molecule has 0 fully saturated rings. The van der Waals surface area contributed by atoms with Crippen LogP contribution in [0.3, 0.4) is 0 Å². The predicted octanol–water partition coefficient (Wildman–Crippen LogP) is 9.27. The molecule has 3 heterocycles. The van der Waals surface area contributed by atoms with E-state index in [1.807, 2.05) is 0 Å².